The minimum Gasteiger partial charge on any atom is -0.466 e. The van der Waals surface area contributed by atoms with Crippen molar-refractivity contribution in [3.8, 4) is 22.3 Å². The zero-order valence-corrected chi connectivity index (χ0v) is 43.4. The van der Waals surface area contributed by atoms with E-state index in [2.05, 4.69) is 218 Å². The SMILES string of the molecule is Cc1cc2c(cc1N1c3cc4c(oc5ccccc54)c4c3B(c3oc5cc(-c6ccccc6)ccc5c31)N(c1ccccc1)c1cc3oc5cc6c(cc5c3cc1-4)C(C)(C)CCC6(C)C)C(C)(C)CCC2(C)C. The van der Waals surface area contributed by atoms with Gasteiger partial charge in [-0.05, 0) is 159 Å². The summed E-state index contributed by atoms with van der Waals surface area (Å²) in [6, 6.07) is 54.1. The van der Waals surface area contributed by atoms with Crippen molar-refractivity contribution in [1.82, 2.24) is 0 Å². The number of hydrogen-bond donors (Lipinski definition) is 0. The van der Waals surface area contributed by atoms with Crippen molar-refractivity contribution >= 4 is 101 Å². The van der Waals surface area contributed by atoms with E-state index < -0.39 is 0 Å². The third-order valence-corrected chi connectivity index (χ3v) is 18.3. The molecule has 0 bridgehead atoms. The number of aryl methyl sites for hydroxylation is 1. The molecule has 2 aliphatic carbocycles. The number of furan rings is 3. The molecule has 15 rings (SSSR count). The van der Waals surface area contributed by atoms with Gasteiger partial charge in [-0.1, -0.05) is 134 Å². The Morgan fingerprint density at radius 1 is 0.438 bits per heavy atom. The second-order valence-corrected chi connectivity index (χ2v) is 24.6. The molecule has 0 saturated heterocycles. The average molecular weight is 951 g/mol. The van der Waals surface area contributed by atoms with E-state index in [1.807, 2.05) is 0 Å². The molecule has 4 aliphatic rings. The summed E-state index contributed by atoms with van der Waals surface area (Å²) in [6.07, 6.45) is 4.56. The van der Waals surface area contributed by atoms with E-state index >= 15 is 0 Å². The molecule has 0 saturated carbocycles. The fraction of sp³-hybridized carbons (Fsp3) is 0.254. The summed E-state index contributed by atoms with van der Waals surface area (Å²) in [4.78, 5) is 5.12. The minimum atomic E-state index is -0.375. The monoisotopic (exact) mass is 950 g/mol. The van der Waals surface area contributed by atoms with Crippen LogP contribution < -0.4 is 20.8 Å². The van der Waals surface area contributed by atoms with Crippen LogP contribution in [0.4, 0.5) is 28.4 Å². The van der Waals surface area contributed by atoms with Gasteiger partial charge in [0, 0.05) is 66.9 Å². The van der Waals surface area contributed by atoms with Gasteiger partial charge >= 0.3 is 6.85 Å². The Hall–Kier alpha value is -7.44. The summed E-state index contributed by atoms with van der Waals surface area (Å²) >= 11 is 0. The second kappa shape index (κ2) is 14.4. The maximum absolute atomic E-state index is 7.61. The van der Waals surface area contributed by atoms with Gasteiger partial charge in [-0.25, -0.2) is 0 Å². The van der Waals surface area contributed by atoms with Gasteiger partial charge in [0.25, 0.3) is 0 Å². The van der Waals surface area contributed by atoms with Crippen LogP contribution in [0, 0.1) is 6.92 Å². The first kappa shape index (κ1) is 43.2. The highest BCUT2D eigenvalue weighted by atomic mass is 16.3. The fourth-order valence-electron chi connectivity index (χ4n) is 13.9. The highest BCUT2D eigenvalue weighted by Crippen LogP contribution is 2.56. The van der Waals surface area contributed by atoms with Crippen molar-refractivity contribution in [1.29, 1.82) is 0 Å². The minimum absolute atomic E-state index is 0.00630. The molecule has 0 amide bonds. The summed E-state index contributed by atoms with van der Waals surface area (Å²) in [5, 5.41) is 5.56. The van der Waals surface area contributed by atoms with Crippen molar-refractivity contribution < 1.29 is 13.3 Å². The Bertz CT molecular complexity index is 4190. The normalized spacial score (nSPS) is 17.8. The smallest absolute Gasteiger partial charge is 0.376 e. The quantitative estimate of drug-likeness (QED) is 0.165. The molecule has 358 valence electrons. The highest BCUT2D eigenvalue weighted by Gasteiger charge is 2.51. The summed E-state index contributed by atoms with van der Waals surface area (Å²) in [7, 11) is 0. The molecule has 11 aromatic rings. The van der Waals surface area contributed by atoms with Crippen LogP contribution in [0.1, 0.15) is 109 Å². The van der Waals surface area contributed by atoms with E-state index in [1.165, 1.54) is 39.0 Å². The Morgan fingerprint density at radius 3 is 1.77 bits per heavy atom. The first-order chi connectivity index (χ1) is 35.1. The summed E-state index contributed by atoms with van der Waals surface area (Å²) < 4.78 is 22.0. The van der Waals surface area contributed by atoms with Crippen molar-refractivity contribution in [2.45, 2.75) is 110 Å². The number of benzene rings is 8. The number of anilines is 5. The Labute approximate surface area is 427 Å². The molecule has 2 aliphatic heterocycles. The summed E-state index contributed by atoms with van der Waals surface area (Å²) in [6.45, 7) is 21.3. The lowest BCUT2D eigenvalue weighted by molar-refractivity contribution is 0.332. The number of fused-ring (bicyclic) bond motifs is 15. The lowest BCUT2D eigenvalue weighted by Gasteiger charge is -2.45. The second-order valence-electron chi connectivity index (χ2n) is 24.6. The first-order valence-electron chi connectivity index (χ1n) is 26.5. The predicted molar refractivity (Wildman–Crippen MR) is 305 cm³/mol. The van der Waals surface area contributed by atoms with Gasteiger partial charge in [0.2, 0.25) is 0 Å². The van der Waals surface area contributed by atoms with Gasteiger partial charge in [0.1, 0.15) is 33.6 Å². The maximum Gasteiger partial charge on any atom is 0.376 e. The standard InChI is InChI=1S/C67H59BN2O3/c1-38-30-48-50(66(6,7)28-26-64(48,2)3)35-52(38)69-54-34-46-42-22-16-17-23-55(42)72-62(46)59-47-32-44-45-33-49-51(67(8,9)29-27-65(49,4)5)36-57(45)71-58(44)37-53(47)70(41-20-14-11-15-21-41)68(60(54)59)63-61(69)43-25-24-40(31-56(43)73-63)39-18-12-10-13-19-39/h10-25,30-37H,26-29H2,1-9H3. The molecule has 5 heterocycles. The molecule has 0 N–H and O–H groups in total. The molecule has 0 unspecified atom stereocenters. The van der Waals surface area contributed by atoms with Crippen molar-refractivity contribution in [3.63, 3.8) is 0 Å². The zero-order chi connectivity index (χ0) is 49.7. The van der Waals surface area contributed by atoms with Crippen LogP contribution >= 0.6 is 0 Å². The lowest BCUT2D eigenvalue weighted by atomic mass is 9.45. The molecule has 8 aromatic carbocycles. The largest absolute Gasteiger partial charge is 0.466 e. The van der Waals surface area contributed by atoms with Crippen LogP contribution in [0.15, 0.2) is 159 Å². The van der Waals surface area contributed by atoms with Crippen LogP contribution in [-0.2, 0) is 21.7 Å². The molecule has 0 spiro atoms. The molecular weight excluding hydrogens is 892 g/mol. The molecule has 6 heteroatoms. The van der Waals surface area contributed by atoms with Gasteiger partial charge in [-0.15, -0.1) is 0 Å². The van der Waals surface area contributed by atoms with Crippen LogP contribution in [0.3, 0.4) is 0 Å². The van der Waals surface area contributed by atoms with E-state index in [0.717, 1.165) is 131 Å². The van der Waals surface area contributed by atoms with Gasteiger partial charge in [0.15, 0.2) is 0 Å². The number of rotatable bonds is 3. The third-order valence-electron chi connectivity index (χ3n) is 18.3. The number of para-hydroxylation sites is 2. The molecule has 3 aromatic heterocycles. The molecular formula is C67H59BN2O3. The Kier molecular flexibility index (Phi) is 8.52. The van der Waals surface area contributed by atoms with Crippen LogP contribution in [0.25, 0.3) is 77.1 Å². The Morgan fingerprint density at radius 2 is 1.04 bits per heavy atom. The van der Waals surface area contributed by atoms with Gasteiger partial charge in [0.05, 0.1) is 5.69 Å². The van der Waals surface area contributed by atoms with E-state index in [9.17, 15) is 0 Å². The third kappa shape index (κ3) is 5.92. The van der Waals surface area contributed by atoms with Crippen molar-refractivity contribution in [2.24, 2.45) is 0 Å². The number of hydrogen-bond acceptors (Lipinski definition) is 5. The summed E-state index contributed by atoms with van der Waals surface area (Å²) in [5.74, 6) is 0. The molecule has 0 radical (unpaired) electrons. The van der Waals surface area contributed by atoms with E-state index in [-0.39, 0.29) is 28.5 Å². The molecule has 5 nitrogen and oxygen atoms in total. The van der Waals surface area contributed by atoms with Crippen LogP contribution in [0.5, 0.6) is 0 Å². The van der Waals surface area contributed by atoms with Crippen LogP contribution in [-0.4, -0.2) is 6.85 Å². The zero-order valence-electron chi connectivity index (χ0n) is 43.4. The first-order valence-corrected chi connectivity index (χ1v) is 26.5. The molecule has 0 fully saturated rings. The summed E-state index contributed by atoms with van der Waals surface area (Å²) in [5.41, 5.74) is 23.6. The van der Waals surface area contributed by atoms with Gasteiger partial charge in [-0.3, -0.25) is 0 Å². The molecule has 73 heavy (non-hydrogen) atoms. The Balaban J connectivity index is 1.11. The maximum atomic E-state index is 7.61. The van der Waals surface area contributed by atoms with E-state index in [1.54, 1.807) is 0 Å². The van der Waals surface area contributed by atoms with Crippen molar-refractivity contribution in [2.75, 3.05) is 9.71 Å². The topological polar surface area (TPSA) is 45.9 Å². The fourth-order valence-corrected chi connectivity index (χ4v) is 13.9. The van der Waals surface area contributed by atoms with E-state index in [0.29, 0.717) is 0 Å². The molecule has 0 atom stereocenters. The van der Waals surface area contributed by atoms with Gasteiger partial charge < -0.3 is 23.0 Å². The highest BCUT2D eigenvalue weighted by molar-refractivity contribution is 6.93. The van der Waals surface area contributed by atoms with Crippen molar-refractivity contribution in [3.05, 3.63) is 173 Å². The average Bonchev–Trinajstić information content (AvgIpc) is 4.07. The van der Waals surface area contributed by atoms with Gasteiger partial charge in [-0.2, -0.15) is 0 Å². The lowest BCUT2D eigenvalue weighted by Crippen LogP contribution is -2.61. The number of nitrogens with zero attached hydrogens (tertiary/aromatic N) is 2. The van der Waals surface area contributed by atoms with Crippen LogP contribution in [0.2, 0.25) is 0 Å². The van der Waals surface area contributed by atoms with E-state index in [4.69, 9.17) is 13.3 Å². The predicted octanol–water partition coefficient (Wildman–Crippen LogP) is 17.6.